The van der Waals surface area contributed by atoms with Crippen molar-refractivity contribution < 1.29 is 24.0 Å². The average molecular weight is 298 g/mol. The molecule has 20 heavy (non-hydrogen) atoms. The molecule has 2 aromatic rings. The van der Waals surface area contributed by atoms with E-state index in [1.807, 2.05) is 0 Å². The van der Waals surface area contributed by atoms with Crippen molar-refractivity contribution in [2.45, 2.75) is 6.61 Å². The van der Waals surface area contributed by atoms with Crippen LogP contribution in [0.4, 0.5) is 5.69 Å². The van der Waals surface area contributed by atoms with Gasteiger partial charge in [-0.05, 0) is 12.1 Å². The standard InChI is InChI=1S/C12H8ClNO6/c13-10-5-7(14(17)18)4-9(12(15)16)11(10)20-6-8-2-1-3-19-8/h1-5H,6H2,(H,15,16). The summed E-state index contributed by atoms with van der Waals surface area (Å²) in [5.41, 5.74) is -0.798. The van der Waals surface area contributed by atoms with E-state index >= 15 is 0 Å². The van der Waals surface area contributed by atoms with Gasteiger partial charge in [0, 0.05) is 12.1 Å². The molecule has 1 aromatic carbocycles. The Kier molecular flexibility index (Phi) is 3.90. The highest BCUT2D eigenvalue weighted by Gasteiger charge is 2.21. The molecule has 7 nitrogen and oxygen atoms in total. The third kappa shape index (κ3) is 2.89. The van der Waals surface area contributed by atoms with E-state index in [9.17, 15) is 14.9 Å². The second-order valence-electron chi connectivity index (χ2n) is 3.73. The second-order valence-corrected chi connectivity index (χ2v) is 4.14. The second kappa shape index (κ2) is 5.62. The van der Waals surface area contributed by atoms with Crippen molar-refractivity contribution in [2.24, 2.45) is 0 Å². The van der Waals surface area contributed by atoms with Gasteiger partial charge in [0.1, 0.15) is 17.9 Å². The van der Waals surface area contributed by atoms with E-state index in [0.717, 1.165) is 12.1 Å². The van der Waals surface area contributed by atoms with E-state index in [0.29, 0.717) is 5.76 Å². The molecule has 1 N–H and O–H groups in total. The van der Waals surface area contributed by atoms with Gasteiger partial charge in [-0.3, -0.25) is 10.1 Å². The Bertz CT molecular complexity index is 652. The summed E-state index contributed by atoms with van der Waals surface area (Å²) in [5.74, 6) is -1.04. The number of non-ortho nitro benzene ring substituents is 1. The number of benzene rings is 1. The first kappa shape index (κ1) is 13.9. The smallest absolute Gasteiger partial charge is 0.339 e. The lowest BCUT2D eigenvalue weighted by Gasteiger charge is -2.09. The van der Waals surface area contributed by atoms with Crippen LogP contribution >= 0.6 is 11.6 Å². The molecule has 0 aliphatic heterocycles. The lowest BCUT2D eigenvalue weighted by molar-refractivity contribution is -0.384. The molecule has 0 aliphatic carbocycles. The first-order valence-corrected chi connectivity index (χ1v) is 5.73. The van der Waals surface area contributed by atoms with Crippen LogP contribution in [0.3, 0.4) is 0 Å². The molecule has 104 valence electrons. The summed E-state index contributed by atoms with van der Waals surface area (Å²) in [6.07, 6.45) is 1.44. The predicted octanol–water partition coefficient (Wildman–Crippen LogP) is 3.12. The molecular weight excluding hydrogens is 290 g/mol. The van der Waals surface area contributed by atoms with Crippen LogP contribution in [0.25, 0.3) is 0 Å². The van der Waals surface area contributed by atoms with Crippen molar-refractivity contribution in [2.75, 3.05) is 0 Å². The molecule has 0 unspecified atom stereocenters. The van der Waals surface area contributed by atoms with Gasteiger partial charge >= 0.3 is 5.97 Å². The Morgan fingerprint density at radius 3 is 2.80 bits per heavy atom. The number of carbonyl (C=O) groups is 1. The van der Waals surface area contributed by atoms with Gasteiger partial charge in [-0.1, -0.05) is 11.6 Å². The Morgan fingerprint density at radius 1 is 1.50 bits per heavy atom. The largest absolute Gasteiger partial charge is 0.483 e. The maximum atomic E-state index is 11.1. The van der Waals surface area contributed by atoms with Crippen LogP contribution in [0.1, 0.15) is 16.1 Å². The molecule has 0 fully saturated rings. The van der Waals surface area contributed by atoms with E-state index in [4.69, 9.17) is 25.9 Å². The summed E-state index contributed by atoms with van der Waals surface area (Å²) in [4.78, 5) is 21.1. The summed E-state index contributed by atoms with van der Waals surface area (Å²) in [6.45, 7) is -0.0369. The molecule has 0 aliphatic rings. The predicted molar refractivity (Wildman–Crippen MR) is 68.1 cm³/mol. The van der Waals surface area contributed by atoms with Crippen LogP contribution in [0.15, 0.2) is 34.9 Å². The van der Waals surface area contributed by atoms with Crippen LogP contribution in [0.2, 0.25) is 5.02 Å². The highest BCUT2D eigenvalue weighted by atomic mass is 35.5. The minimum absolute atomic E-state index is 0.0369. The summed E-state index contributed by atoms with van der Waals surface area (Å²) in [7, 11) is 0. The number of ether oxygens (including phenoxy) is 1. The molecule has 0 radical (unpaired) electrons. The Hall–Kier alpha value is -2.54. The monoisotopic (exact) mass is 297 g/mol. The number of rotatable bonds is 5. The minimum Gasteiger partial charge on any atom is -0.483 e. The van der Waals surface area contributed by atoms with Crippen LogP contribution in [-0.4, -0.2) is 16.0 Å². The van der Waals surface area contributed by atoms with Crippen LogP contribution in [0.5, 0.6) is 5.75 Å². The molecule has 0 bridgehead atoms. The zero-order chi connectivity index (χ0) is 14.7. The summed E-state index contributed by atoms with van der Waals surface area (Å²) in [5, 5.41) is 19.6. The van der Waals surface area contributed by atoms with Gasteiger partial charge < -0.3 is 14.3 Å². The van der Waals surface area contributed by atoms with Crippen molar-refractivity contribution in [3.63, 3.8) is 0 Å². The van der Waals surface area contributed by atoms with Gasteiger partial charge in [-0.25, -0.2) is 4.79 Å². The highest BCUT2D eigenvalue weighted by molar-refractivity contribution is 6.32. The first-order chi connectivity index (χ1) is 9.49. The van der Waals surface area contributed by atoms with E-state index in [1.54, 1.807) is 12.1 Å². The number of carboxylic acids is 1. The van der Waals surface area contributed by atoms with Crippen molar-refractivity contribution in [1.29, 1.82) is 0 Å². The SMILES string of the molecule is O=C(O)c1cc([N+](=O)[O-])cc(Cl)c1OCc1ccco1. The number of aromatic carboxylic acids is 1. The molecule has 0 amide bonds. The number of hydrogen-bond acceptors (Lipinski definition) is 5. The van der Waals surface area contributed by atoms with E-state index in [1.165, 1.54) is 6.26 Å². The molecule has 0 saturated heterocycles. The van der Waals surface area contributed by atoms with Gasteiger partial charge in [-0.15, -0.1) is 0 Å². The number of carboxylic acid groups (broad SMARTS) is 1. The summed E-state index contributed by atoms with van der Waals surface area (Å²) < 4.78 is 10.3. The lowest BCUT2D eigenvalue weighted by atomic mass is 10.2. The Morgan fingerprint density at radius 2 is 2.25 bits per heavy atom. The number of halogens is 1. The third-order valence-corrected chi connectivity index (χ3v) is 2.69. The van der Waals surface area contributed by atoms with Crippen molar-refractivity contribution in [3.05, 3.63) is 57.0 Å². The first-order valence-electron chi connectivity index (χ1n) is 5.35. The van der Waals surface area contributed by atoms with E-state index in [2.05, 4.69) is 0 Å². The number of furan rings is 1. The summed E-state index contributed by atoms with van der Waals surface area (Å²) in [6, 6.07) is 5.21. The number of hydrogen-bond donors (Lipinski definition) is 1. The molecule has 0 saturated carbocycles. The van der Waals surface area contributed by atoms with Crippen molar-refractivity contribution >= 4 is 23.3 Å². The Balaban J connectivity index is 2.35. The molecule has 1 aromatic heterocycles. The van der Waals surface area contributed by atoms with Gasteiger partial charge in [0.15, 0.2) is 5.75 Å². The molecular formula is C12H8ClNO6. The van der Waals surface area contributed by atoms with E-state index < -0.39 is 16.6 Å². The van der Waals surface area contributed by atoms with Crippen LogP contribution in [0, 0.1) is 10.1 Å². The van der Waals surface area contributed by atoms with Crippen LogP contribution in [-0.2, 0) is 6.61 Å². The normalized spacial score (nSPS) is 10.2. The molecule has 8 heteroatoms. The van der Waals surface area contributed by atoms with Gasteiger partial charge in [0.2, 0.25) is 0 Å². The maximum Gasteiger partial charge on any atom is 0.339 e. The molecule has 2 rings (SSSR count). The van der Waals surface area contributed by atoms with Gasteiger partial charge in [0.25, 0.3) is 5.69 Å². The zero-order valence-corrected chi connectivity index (χ0v) is 10.7. The fourth-order valence-electron chi connectivity index (χ4n) is 1.53. The van der Waals surface area contributed by atoms with Crippen molar-refractivity contribution in [1.82, 2.24) is 0 Å². The molecule has 0 atom stereocenters. The van der Waals surface area contributed by atoms with E-state index in [-0.39, 0.29) is 22.9 Å². The summed E-state index contributed by atoms with van der Waals surface area (Å²) >= 11 is 5.84. The minimum atomic E-state index is -1.37. The maximum absolute atomic E-state index is 11.1. The highest BCUT2D eigenvalue weighted by Crippen LogP contribution is 2.34. The topological polar surface area (TPSA) is 103 Å². The van der Waals surface area contributed by atoms with Crippen LogP contribution < -0.4 is 4.74 Å². The number of nitro groups is 1. The molecule has 1 heterocycles. The number of nitrogens with zero attached hydrogens (tertiary/aromatic N) is 1. The fourth-order valence-corrected chi connectivity index (χ4v) is 1.80. The zero-order valence-electron chi connectivity index (χ0n) is 9.91. The molecule has 0 spiro atoms. The third-order valence-electron chi connectivity index (χ3n) is 2.41. The average Bonchev–Trinajstić information content (AvgIpc) is 2.89. The van der Waals surface area contributed by atoms with Gasteiger partial charge in [-0.2, -0.15) is 0 Å². The lowest BCUT2D eigenvalue weighted by Crippen LogP contribution is -2.05. The fraction of sp³-hybridized carbons (Fsp3) is 0.0833. The number of nitro benzene ring substituents is 1. The Labute approximate surface area is 117 Å². The van der Waals surface area contributed by atoms with Crippen molar-refractivity contribution in [3.8, 4) is 5.75 Å². The van der Waals surface area contributed by atoms with Gasteiger partial charge in [0.05, 0.1) is 16.2 Å². The quantitative estimate of drug-likeness (QED) is 0.672.